The highest BCUT2D eigenvalue weighted by Gasteiger charge is 2.16. The Morgan fingerprint density at radius 2 is 1.44 bits per heavy atom. The van der Waals surface area contributed by atoms with Crippen LogP contribution in [0.25, 0.3) is 0 Å². The number of urea groups is 2. The maximum Gasteiger partial charge on any atom is 0.326 e. The van der Waals surface area contributed by atoms with Crippen LogP contribution in [0.15, 0.2) is 72.8 Å². The topological polar surface area (TPSA) is 90.5 Å². The van der Waals surface area contributed by atoms with E-state index in [-0.39, 0.29) is 16.6 Å². The summed E-state index contributed by atoms with van der Waals surface area (Å²) in [4.78, 5) is 38.9. The maximum atomic E-state index is 12.9. The van der Waals surface area contributed by atoms with Gasteiger partial charge < -0.3 is 10.6 Å². The number of hydrogen-bond donors (Lipinski definition) is 3. The minimum atomic E-state index is -0.699. The van der Waals surface area contributed by atoms with E-state index in [1.807, 2.05) is 0 Å². The van der Waals surface area contributed by atoms with Crippen molar-refractivity contribution in [1.82, 2.24) is 5.32 Å². The van der Waals surface area contributed by atoms with Crippen LogP contribution < -0.4 is 20.9 Å². The van der Waals surface area contributed by atoms with Crippen LogP contribution in [0.4, 0.5) is 26.7 Å². The van der Waals surface area contributed by atoms with E-state index in [0.29, 0.717) is 22.9 Å². The summed E-state index contributed by atoms with van der Waals surface area (Å²) in [5.74, 6) is -0.610. The number of imide groups is 1. The quantitative estimate of drug-likeness (QED) is 0.334. The molecule has 3 aromatic rings. The number of nitrogens with one attached hydrogen (secondary N) is 3. The fourth-order valence-electron chi connectivity index (χ4n) is 3.09. The molecule has 3 N–H and O–H groups in total. The smallest absolute Gasteiger partial charge is 0.308 e. The van der Waals surface area contributed by atoms with E-state index in [1.54, 1.807) is 71.6 Å². The lowest BCUT2D eigenvalue weighted by molar-refractivity contribution is 0.0967. The number of amides is 5. The fraction of sp³-hybridized carbons (Fsp3) is 0.160. The highest BCUT2D eigenvalue weighted by atomic mass is 35.5. The Hall–Kier alpha value is -3.55. The first-order valence-electron chi connectivity index (χ1n) is 10.7. The minimum absolute atomic E-state index is 0.200. The lowest BCUT2D eigenvalue weighted by Gasteiger charge is -2.23. The van der Waals surface area contributed by atoms with Gasteiger partial charge in [-0.05, 0) is 67.1 Å². The zero-order valence-electron chi connectivity index (χ0n) is 18.5. The predicted octanol–water partition coefficient (Wildman–Crippen LogP) is 6.79. The summed E-state index contributed by atoms with van der Waals surface area (Å²) in [6.45, 7) is 2.62. The summed E-state index contributed by atoms with van der Waals surface area (Å²) in [5, 5.41) is 8.51. The molecule has 0 heterocycles. The predicted molar refractivity (Wildman–Crippen MR) is 137 cm³/mol. The van der Waals surface area contributed by atoms with Gasteiger partial charge in [0.05, 0.1) is 10.6 Å². The van der Waals surface area contributed by atoms with Crippen LogP contribution in [-0.2, 0) is 0 Å². The van der Waals surface area contributed by atoms with Crippen molar-refractivity contribution in [2.24, 2.45) is 0 Å². The van der Waals surface area contributed by atoms with Crippen molar-refractivity contribution >= 4 is 58.2 Å². The number of anilines is 3. The number of halogens is 2. The van der Waals surface area contributed by atoms with Crippen LogP contribution in [-0.4, -0.2) is 24.5 Å². The van der Waals surface area contributed by atoms with Crippen molar-refractivity contribution in [1.29, 1.82) is 0 Å². The summed E-state index contributed by atoms with van der Waals surface area (Å²) in [7, 11) is 0. The molecule has 0 unspecified atom stereocenters. The van der Waals surface area contributed by atoms with Gasteiger partial charge in [0.1, 0.15) is 0 Å². The van der Waals surface area contributed by atoms with Gasteiger partial charge in [0.25, 0.3) is 5.91 Å². The fourth-order valence-corrected chi connectivity index (χ4v) is 3.44. The summed E-state index contributed by atoms with van der Waals surface area (Å²) >= 11 is 12.0. The summed E-state index contributed by atoms with van der Waals surface area (Å²) < 4.78 is 0. The van der Waals surface area contributed by atoms with Crippen molar-refractivity contribution in [3.05, 3.63) is 88.4 Å². The summed E-state index contributed by atoms with van der Waals surface area (Å²) in [6, 6.07) is 19.1. The third-order valence-corrected chi connectivity index (χ3v) is 5.44. The first-order chi connectivity index (χ1) is 16.4. The molecule has 34 heavy (non-hydrogen) atoms. The molecule has 5 amide bonds. The van der Waals surface area contributed by atoms with Gasteiger partial charge in [0, 0.05) is 28.6 Å². The molecule has 0 aliphatic heterocycles. The lowest BCUT2D eigenvalue weighted by atomic mass is 10.2. The van der Waals surface area contributed by atoms with Crippen molar-refractivity contribution in [2.45, 2.75) is 19.8 Å². The summed E-state index contributed by atoms with van der Waals surface area (Å²) in [5.41, 5.74) is 1.95. The zero-order valence-corrected chi connectivity index (χ0v) is 20.0. The SMILES string of the molecule is CCCCN(C(=O)Nc1ccc(NC(=O)NC(=O)c2ccccc2Cl)cc1)c1ccc(Cl)cc1. The van der Waals surface area contributed by atoms with Gasteiger partial charge in [-0.3, -0.25) is 15.0 Å². The van der Waals surface area contributed by atoms with E-state index in [2.05, 4.69) is 22.9 Å². The van der Waals surface area contributed by atoms with Gasteiger partial charge in [-0.15, -0.1) is 0 Å². The first kappa shape index (κ1) is 25.1. The highest BCUT2D eigenvalue weighted by molar-refractivity contribution is 6.34. The number of carbonyl (C=O) groups excluding carboxylic acids is 3. The molecule has 3 aromatic carbocycles. The molecule has 0 aliphatic rings. The second-order valence-corrected chi connectivity index (χ2v) is 8.22. The van der Waals surface area contributed by atoms with Crippen molar-refractivity contribution in [2.75, 3.05) is 22.1 Å². The number of unbranched alkanes of at least 4 members (excludes halogenated alkanes) is 1. The molecule has 3 rings (SSSR count). The number of hydrogen-bond acceptors (Lipinski definition) is 3. The second-order valence-electron chi connectivity index (χ2n) is 7.38. The molecule has 9 heteroatoms. The maximum absolute atomic E-state index is 12.9. The normalized spacial score (nSPS) is 10.3. The summed E-state index contributed by atoms with van der Waals surface area (Å²) in [6.07, 6.45) is 1.79. The lowest BCUT2D eigenvalue weighted by Crippen LogP contribution is -2.35. The molecular formula is C25H24Cl2N4O3. The number of carbonyl (C=O) groups is 3. The Balaban J connectivity index is 1.60. The average molecular weight is 499 g/mol. The van der Waals surface area contributed by atoms with E-state index in [1.165, 1.54) is 6.07 Å². The van der Waals surface area contributed by atoms with Crippen LogP contribution >= 0.6 is 23.2 Å². The molecule has 0 atom stereocenters. The van der Waals surface area contributed by atoms with Gasteiger partial charge in [0.2, 0.25) is 0 Å². The van der Waals surface area contributed by atoms with Crippen LogP contribution in [0, 0.1) is 0 Å². The molecule has 0 radical (unpaired) electrons. The van der Waals surface area contributed by atoms with Gasteiger partial charge in [0.15, 0.2) is 0 Å². The Kier molecular flexibility index (Phi) is 8.90. The first-order valence-corrected chi connectivity index (χ1v) is 11.4. The van der Waals surface area contributed by atoms with Crippen LogP contribution in [0.3, 0.4) is 0 Å². The third kappa shape index (κ3) is 6.97. The third-order valence-electron chi connectivity index (χ3n) is 4.86. The molecule has 0 aliphatic carbocycles. The monoisotopic (exact) mass is 498 g/mol. The average Bonchev–Trinajstić information content (AvgIpc) is 2.82. The van der Waals surface area contributed by atoms with E-state index < -0.39 is 11.9 Å². The Bertz CT molecular complexity index is 1150. The zero-order chi connectivity index (χ0) is 24.5. The van der Waals surface area contributed by atoms with Crippen LogP contribution in [0.1, 0.15) is 30.1 Å². The van der Waals surface area contributed by atoms with Gasteiger partial charge in [-0.1, -0.05) is 48.7 Å². The molecule has 0 bridgehead atoms. The van der Waals surface area contributed by atoms with E-state index in [9.17, 15) is 14.4 Å². The van der Waals surface area contributed by atoms with Gasteiger partial charge in [-0.25, -0.2) is 9.59 Å². The van der Waals surface area contributed by atoms with E-state index in [4.69, 9.17) is 23.2 Å². The van der Waals surface area contributed by atoms with Crippen molar-refractivity contribution < 1.29 is 14.4 Å². The van der Waals surface area contributed by atoms with Gasteiger partial charge >= 0.3 is 12.1 Å². The van der Waals surface area contributed by atoms with Crippen molar-refractivity contribution in [3.63, 3.8) is 0 Å². The molecule has 0 saturated carbocycles. The number of benzene rings is 3. The van der Waals surface area contributed by atoms with Gasteiger partial charge in [-0.2, -0.15) is 0 Å². The highest BCUT2D eigenvalue weighted by Crippen LogP contribution is 2.21. The Morgan fingerprint density at radius 3 is 2.06 bits per heavy atom. The van der Waals surface area contributed by atoms with E-state index >= 15 is 0 Å². The molecular weight excluding hydrogens is 475 g/mol. The second kappa shape index (κ2) is 12.1. The Morgan fingerprint density at radius 1 is 0.824 bits per heavy atom. The van der Waals surface area contributed by atoms with Crippen molar-refractivity contribution in [3.8, 4) is 0 Å². The molecule has 0 spiro atoms. The standard InChI is InChI=1S/C25H24Cl2N4O3/c1-2-3-16-31(20-14-8-17(26)9-15-20)25(34)29-19-12-10-18(11-13-19)28-24(33)30-23(32)21-6-4-5-7-22(21)27/h4-15H,2-3,16H2,1H3,(H,29,34)(H2,28,30,32,33). The van der Waals surface area contributed by atoms with Crippen LogP contribution in [0.5, 0.6) is 0 Å². The molecule has 0 saturated heterocycles. The molecule has 0 aromatic heterocycles. The minimum Gasteiger partial charge on any atom is -0.308 e. The molecule has 0 fully saturated rings. The number of nitrogens with zero attached hydrogens (tertiary/aromatic N) is 1. The molecule has 7 nitrogen and oxygen atoms in total. The largest absolute Gasteiger partial charge is 0.326 e. The van der Waals surface area contributed by atoms with Crippen LogP contribution in [0.2, 0.25) is 10.0 Å². The Labute approximate surface area is 208 Å². The molecule has 176 valence electrons. The number of rotatable bonds is 7. The van der Waals surface area contributed by atoms with E-state index in [0.717, 1.165) is 18.5 Å².